The Labute approximate surface area is 207 Å². The lowest BCUT2D eigenvalue weighted by atomic mass is 9.85. The quantitative estimate of drug-likeness (QED) is 0.311. The highest BCUT2D eigenvalue weighted by Crippen LogP contribution is 2.45. The summed E-state index contributed by atoms with van der Waals surface area (Å²) in [5.74, 6) is 1.36. The number of methoxy groups -OCH3 is 2. The van der Waals surface area contributed by atoms with Gasteiger partial charge in [-0.2, -0.15) is 5.26 Å². The molecule has 0 atom stereocenters. The Morgan fingerprint density at radius 2 is 1.54 bits per heavy atom. The summed E-state index contributed by atoms with van der Waals surface area (Å²) in [5.41, 5.74) is 7.14. The van der Waals surface area contributed by atoms with E-state index in [1.807, 2.05) is 12.1 Å². The Hall–Kier alpha value is -3.97. The van der Waals surface area contributed by atoms with Crippen LogP contribution in [0.4, 0.5) is 5.69 Å². The van der Waals surface area contributed by atoms with Gasteiger partial charge in [-0.25, -0.2) is 0 Å². The number of hydrogen-bond acceptors (Lipinski definition) is 4. The highest BCUT2D eigenvalue weighted by atomic mass is 16.5. The summed E-state index contributed by atoms with van der Waals surface area (Å²) < 4.78 is 11.1. The van der Waals surface area contributed by atoms with Gasteiger partial charge >= 0.3 is 0 Å². The molecular formula is C31H30N2O2. The lowest BCUT2D eigenvalue weighted by Gasteiger charge is -2.31. The van der Waals surface area contributed by atoms with Gasteiger partial charge in [0.05, 0.1) is 25.5 Å². The highest BCUT2D eigenvalue weighted by molar-refractivity contribution is 6.02. The lowest BCUT2D eigenvalue weighted by Crippen LogP contribution is -2.30. The molecule has 4 nitrogen and oxygen atoms in total. The molecule has 4 aromatic rings. The summed E-state index contributed by atoms with van der Waals surface area (Å²) >= 11 is 0. The van der Waals surface area contributed by atoms with Crippen LogP contribution in [0.15, 0.2) is 66.7 Å². The van der Waals surface area contributed by atoms with Gasteiger partial charge in [0.2, 0.25) is 0 Å². The molecule has 176 valence electrons. The first-order valence-electron chi connectivity index (χ1n) is 12.2. The molecule has 0 aliphatic carbocycles. The molecule has 4 heteroatoms. The molecule has 5 rings (SSSR count). The van der Waals surface area contributed by atoms with Gasteiger partial charge < -0.3 is 14.4 Å². The summed E-state index contributed by atoms with van der Waals surface area (Å²) in [6.07, 6.45) is 3.56. The van der Waals surface area contributed by atoms with E-state index in [2.05, 4.69) is 72.5 Å². The van der Waals surface area contributed by atoms with E-state index in [9.17, 15) is 5.26 Å². The third-order valence-corrected chi connectivity index (χ3v) is 7.12. The maximum atomic E-state index is 10.3. The number of ether oxygens (including phenoxy) is 2. The Kier molecular flexibility index (Phi) is 6.33. The van der Waals surface area contributed by atoms with Gasteiger partial charge in [0.25, 0.3) is 0 Å². The van der Waals surface area contributed by atoms with E-state index in [-0.39, 0.29) is 0 Å². The van der Waals surface area contributed by atoms with Gasteiger partial charge in [0.15, 0.2) is 11.5 Å². The van der Waals surface area contributed by atoms with Crippen molar-refractivity contribution >= 4 is 16.5 Å². The zero-order chi connectivity index (χ0) is 24.4. The van der Waals surface area contributed by atoms with Crippen molar-refractivity contribution in [2.24, 2.45) is 0 Å². The van der Waals surface area contributed by atoms with Crippen molar-refractivity contribution in [1.82, 2.24) is 0 Å². The smallest absolute Gasteiger partial charge is 0.161 e. The number of nitrogens with zero attached hydrogens (tertiary/aromatic N) is 2. The number of anilines is 1. The van der Waals surface area contributed by atoms with E-state index < -0.39 is 0 Å². The fourth-order valence-corrected chi connectivity index (χ4v) is 5.36. The van der Waals surface area contributed by atoms with Gasteiger partial charge in [-0.05, 0) is 83.0 Å². The van der Waals surface area contributed by atoms with Crippen molar-refractivity contribution in [2.45, 2.75) is 26.2 Å². The maximum absolute atomic E-state index is 10.3. The van der Waals surface area contributed by atoms with Crippen LogP contribution < -0.4 is 14.4 Å². The minimum atomic E-state index is 0.673. The summed E-state index contributed by atoms with van der Waals surface area (Å²) in [6.45, 7) is 4.05. The van der Waals surface area contributed by atoms with Crippen molar-refractivity contribution in [3.8, 4) is 39.8 Å². The number of fused-ring (bicyclic) bond motifs is 1. The normalized spacial score (nSPS) is 13.5. The molecule has 1 aliphatic heterocycles. The van der Waals surface area contributed by atoms with Crippen molar-refractivity contribution in [2.75, 3.05) is 32.2 Å². The van der Waals surface area contributed by atoms with Gasteiger partial charge in [-0.15, -0.1) is 0 Å². The largest absolute Gasteiger partial charge is 0.493 e. The molecule has 0 N–H and O–H groups in total. The van der Waals surface area contributed by atoms with Gasteiger partial charge in [0.1, 0.15) is 6.07 Å². The molecular weight excluding hydrogens is 432 g/mol. The van der Waals surface area contributed by atoms with E-state index in [1.165, 1.54) is 22.8 Å². The molecule has 0 bridgehead atoms. The number of rotatable bonds is 5. The van der Waals surface area contributed by atoms with Crippen LogP contribution in [0.2, 0.25) is 0 Å². The van der Waals surface area contributed by atoms with Crippen LogP contribution >= 0.6 is 0 Å². The Morgan fingerprint density at radius 3 is 2.29 bits per heavy atom. The van der Waals surface area contributed by atoms with Crippen molar-refractivity contribution < 1.29 is 9.47 Å². The fourth-order valence-electron chi connectivity index (χ4n) is 5.36. The topological polar surface area (TPSA) is 45.5 Å². The summed E-state index contributed by atoms with van der Waals surface area (Å²) in [4.78, 5) is 2.39. The minimum Gasteiger partial charge on any atom is -0.493 e. The molecule has 1 fully saturated rings. The SMILES string of the molecule is COc1ccc(-c2c(-c3cccc4ccccc34)cc(N3CCCCC3)c(C#N)c2C)cc1OC. The lowest BCUT2D eigenvalue weighted by molar-refractivity contribution is 0.355. The van der Waals surface area contributed by atoms with Crippen LogP contribution in [0.3, 0.4) is 0 Å². The van der Waals surface area contributed by atoms with Crippen molar-refractivity contribution in [3.63, 3.8) is 0 Å². The van der Waals surface area contributed by atoms with Gasteiger partial charge in [-0.3, -0.25) is 0 Å². The zero-order valence-electron chi connectivity index (χ0n) is 20.6. The molecule has 1 saturated heterocycles. The number of hydrogen-bond donors (Lipinski definition) is 0. The second-order valence-electron chi connectivity index (χ2n) is 9.07. The predicted octanol–water partition coefficient (Wildman–Crippen LogP) is 7.36. The summed E-state index contributed by atoms with van der Waals surface area (Å²) in [6, 6.07) is 25.7. The number of benzene rings is 4. The molecule has 0 radical (unpaired) electrons. The second-order valence-corrected chi connectivity index (χ2v) is 9.07. The van der Waals surface area contributed by atoms with Crippen LogP contribution in [0.5, 0.6) is 11.5 Å². The average molecular weight is 463 g/mol. The molecule has 4 aromatic carbocycles. The standard InChI is InChI=1S/C31H30N2O2/c1-21-27(20-32)28(33-16-7-4-8-17-33)19-26(25-13-9-11-22-10-5-6-12-24(22)25)31(21)23-14-15-29(34-2)30(18-23)35-3/h5-6,9-15,18-19H,4,7-8,16-17H2,1-3H3. The molecule has 0 amide bonds. The predicted molar refractivity (Wildman–Crippen MR) is 143 cm³/mol. The van der Waals surface area contributed by atoms with Crippen LogP contribution in [-0.4, -0.2) is 27.3 Å². The van der Waals surface area contributed by atoms with Crippen LogP contribution in [0.1, 0.15) is 30.4 Å². The monoisotopic (exact) mass is 462 g/mol. The molecule has 1 aliphatic rings. The third-order valence-electron chi connectivity index (χ3n) is 7.12. The van der Waals surface area contributed by atoms with Gasteiger partial charge in [-0.1, -0.05) is 48.5 Å². The fraction of sp³-hybridized carbons (Fsp3) is 0.258. The first-order chi connectivity index (χ1) is 17.2. The van der Waals surface area contributed by atoms with E-state index in [0.717, 1.165) is 59.4 Å². The Bertz CT molecular complexity index is 1420. The van der Waals surface area contributed by atoms with E-state index in [0.29, 0.717) is 11.5 Å². The maximum Gasteiger partial charge on any atom is 0.161 e. The number of nitriles is 1. The zero-order valence-corrected chi connectivity index (χ0v) is 20.6. The van der Waals surface area contributed by atoms with Crippen LogP contribution in [-0.2, 0) is 0 Å². The number of piperidine rings is 1. The van der Waals surface area contributed by atoms with Crippen LogP contribution in [0, 0.1) is 18.3 Å². The van der Waals surface area contributed by atoms with E-state index in [4.69, 9.17) is 9.47 Å². The average Bonchev–Trinajstić information content (AvgIpc) is 2.92. The second kappa shape index (κ2) is 9.72. The van der Waals surface area contributed by atoms with Crippen molar-refractivity contribution in [3.05, 3.63) is 77.9 Å². The Morgan fingerprint density at radius 1 is 0.800 bits per heavy atom. The molecule has 35 heavy (non-hydrogen) atoms. The van der Waals surface area contributed by atoms with E-state index >= 15 is 0 Å². The Balaban J connectivity index is 1.84. The highest BCUT2D eigenvalue weighted by Gasteiger charge is 2.23. The first-order valence-corrected chi connectivity index (χ1v) is 12.2. The molecule has 1 heterocycles. The molecule has 0 unspecified atom stereocenters. The molecule has 0 spiro atoms. The van der Waals surface area contributed by atoms with Crippen LogP contribution in [0.25, 0.3) is 33.0 Å². The first kappa shape index (κ1) is 22.8. The summed E-state index contributed by atoms with van der Waals surface area (Å²) in [7, 11) is 3.30. The summed E-state index contributed by atoms with van der Waals surface area (Å²) in [5, 5.41) is 12.7. The third kappa shape index (κ3) is 4.08. The molecule has 0 saturated carbocycles. The minimum absolute atomic E-state index is 0.673. The van der Waals surface area contributed by atoms with Gasteiger partial charge in [0, 0.05) is 13.1 Å². The molecule has 0 aromatic heterocycles. The van der Waals surface area contributed by atoms with E-state index in [1.54, 1.807) is 14.2 Å². The van der Waals surface area contributed by atoms with Crippen molar-refractivity contribution in [1.29, 1.82) is 5.26 Å².